The Morgan fingerprint density at radius 2 is 2.08 bits per heavy atom. The first-order valence-corrected chi connectivity index (χ1v) is 5.49. The lowest BCUT2D eigenvalue weighted by Gasteiger charge is -2.20. The van der Waals surface area contributed by atoms with E-state index in [-0.39, 0.29) is 29.3 Å². The molecule has 3 nitrogen and oxygen atoms in total. The zero-order chi connectivity index (χ0) is 10.4. The summed E-state index contributed by atoms with van der Waals surface area (Å²) in [6.07, 6.45) is 0.770. The van der Waals surface area contributed by atoms with Crippen molar-refractivity contribution in [1.82, 2.24) is 5.32 Å². The lowest BCUT2D eigenvalue weighted by atomic mass is 10.1. The second-order valence-corrected chi connectivity index (χ2v) is 4.44. The van der Waals surface area contributed by atoms with Crippen molar-refractivity contribution in [3.63, 3.8) is 0 Å². The molecule has 3 unspecified atom stereocenters. The number of aliphatic hydroxyl groups is 1. The van der Waals surface area contributed by atoms with Crippen LogP contribution in [0, 0.1) is 5.92 Å². The van der Waals surface area contributed by atoms with Gasteiger partial charge in [0.1, 0.15) is 0 Å². The van der Waals surface area contributed by atoms with E-state index in [1.54, 1.807) is 0 Å². The summed E-state index contributed by atoms with van der Waals surface area (Å²) in [5, 5.41) is 11.7. The van der Waals surface area contributed by atoms with Gasteiger partial charge in [-0.15, -0.1) is 0 Å². The number of carbonyl (C=O) groups excluding carboxylic acids is 1. The Morgan fingerprint density at radius 1 is 1.54 bits per heavy atom. The number of halogens is 1. The standard InChI is InChI=1S/C9H18BrNO2/c1-4-8(10)9(13)11-7(3)6(2)5-12/h6-8,12H,4-5H2,1-3H3,(H,11,13). The first kappa shape index (κ1) is 12.9. The number of amides is 1. The Morgan fingerprint density at radius 3 is 2.46 bits per heavy atom. The van der Waals surface area contributed by atoms with Crippen molar-refractivity contribution in [2.75, 3.05) is 6.61 Å². The molecule has 0 saturated heterocycles. The topological polar surface area (TPSA) is 49.3 Å². The summed E-state index contributed by atoms with van der Waals surface area (Å²) in [4.78, 5) is 11.2. The van der Waals surface area contributed by atoms with Crippen molar-refractivity contribution < 1.29 is 9.90 Å². The van der Waals surface area contributed by atoms with Crippen LogP contribution in [0.15, 0.2) is 0 Å². The van der Waals surface area contributed by atoms with Crippen LogP contribution >= 0.6 is 15.9 Å². The predicted octanol–water partition coefficient (Wildman–Crippen LogP) is 1.29. The van der Waals surface area contributed by atoms with E-state index in [2.05, 4.69) is 21.2 Å². The molecule has 4 heteroatoms. The molecule has 0 aliphatic heterocycles. The van der Waals surface area contributed by atoms with E-state index in [1.165, 1.54) is 0 Å². The molecule has 0 fully saturated rings. The minimum Gasteiger partial charge on any atom is -0.396 e. The van der Waals surface area contributed by atoms with Crippen LogP contribution in [-0.2, 0) is 4.79 Å². The molecule has 78 valence electrons. The maximum Gasteiger partial charge on any atom is 0.233 e. The van der Waals surface area contributed by atoms with Crippen LogP contribution in [-0.4, -0.2) is 28.5 Å². The first-order valence-electron chi connectivity index (χ1n) is 4.58. The zero-order valence-corrected chi connectivity index (χ0v) is 9.97. The molecule has 0 aliphatic rings. The van der Waals surface area contributed by atoms with Crippen molar-refractivity contribution in [3.05, 3.63) is 0 Å². The van der Waals surface area contributed by atoms with Gasteiger partial charge in [-0.3, -0.25) is 4.79 Å². The molecule has 0 aromatic carbocycles. The molecule has 0 rings (SSSR count). The zero-order valence-electron chi connectivity index (χ0n) is 8.38. The van der Waals surface area contributed by atoms with Gasteiger partial charge in [-0.25, -0.2) is 0 Å². The van der Waals surface area contributed by atoms with Gasteiger partial charge in [0.25, 0.3) is 0 Å². The van der Waals surface area contributed by atoms with Crippen LogP contribution in [0.1, 0.15) is 27.2 Å². The normalized spacial score (nSPS) is 17.6. The van der Waals surface area contributed by atoms with Crippen LogP contribution in [0.2, 0.25) is 0 Å². The molecular weight excluding hydrogens is 234 g/mol. The summed E-state index contributed by atoms with van der Waals surface area (Å²) < 4.78 is 0. The largest absolute Gasteiger partial charge is 0.396 e. The van der Waals surface area contributed by atoms with E-state index < -0.39 is 0 Å². The van der Waals surface area contributed by atoms with Crippen molar-refractivity contribution >= 4 is 21.8 Å². The molecule has 0 heterocycles. The average molecular weight is 252 g/mol. The summed E-state index contributed by atoms with van der Waals surface area (Å²) in [5.74, 6) is 0.0933. The molecule has 0 aliphatic carbocycles. The van der Waals surface area contributed by atoms with Gasteiger partial charge >= 0.3 is 0 Å². The van der Waals surface area contributed by atoms with Gasteiger partial charge in [-0.1, -0.05) is 29.8 Å². The Bertz CT molecular complexity index is 164. The molecule has 0 aromatic heterocycles. The second-order valence-electron chi connectivity index (χ2n) is 3.33. The third-order valence-corrected chi connectivity index (χ3v) is 3.22. The third kappa shape index (κ3) is 4.62. The summed E-state index contributed by atoms with van der Waals surface area (Å²) in [6.45, 7) is 5.84. The van der Waals surface area contributed by atoms with Gasteiger partial charge in [0.2, 0.25) is 5.91 Å². The Balaban J connectivity index is 3.91. The van der Waals surface area contributed by atoms with Crippen LogP contribution < -0.4 is 5.32 Å². The van der Waals surface area contributed by atoms with E-state index >= 15 is 0 Å². The quantitative estimate of drug-likeness (QED) is 0.724. The van der Waals surface area contributed by atoms with Gasteiger partial charge in [0.15, 0.2) is 0 Å². The van der Waals surface area contributed by atoms with Crippen LogP contribution in [0.3, 0.4) is 0 Å². The summed E-state index contributed by atoms with van der Waals surface area (Å²) >= 11 is 3.27. The summed E-state index contributed by atoms with van der Waals surface area (Å²) in [5.41, 5.74) is 0. The molecule has 0 aromatic rings. The number of hydrogen-bond acceptors (Lipinski definition) is 2. The molecule has 3 atom stereocenters. The van der Waals surface area contributed by atoms with E-state index in [9.17, 15) is 4.79 Å². The maximum absolute atomic E-state index is 11.4. The first-order chi connectivity index (χ1) is 6.02. The van der Waals surface area contributed by atoms with Crippen molar-refractivity contribution in [1.29, 1.82) is 0 Å². The van der Waals surface area contributed by atoms with Crippen molar-refractivity contribution in [2.45, 2.75) is 38.1 Å². The number of aliphatic hydroxyl groups excluding tert-OH is 1. The van der Waals surface area contributed by atoms with E-state index in [1.807, 2.05) is 20.8 Å². The number of hydrogen-bond donors (Lipinski definition) is 2. The molecule has 2 N–H and O–H groups in total. The third-order valence-electron chi connectivity index (χ3n) is 2.15. The van der Waals surface area contributed by atoms with Crippen LogP contribution in [0.4, 0.5) is 0 Å². The van der Waals surface area contributed by atoms with Crippen LogP contribution in [0.25, 0.3) is 0 Å². The smallest absolute Gasteiger partial charge is 0.233 e. The minimum atomic E-state index is -0.124. The van der Waals surface area contributed by atoms with E-state index in [0.717, 1.165) is 6.42 Å². The van der Waals surface area contributed by atoms with Crippen molar-refractivity contribution in [3.8, 4) is 0 Å². The Kier molecular flexibility index (Phi) is 6.33. The highest BCUT2D eigenvalue weighted by Gasteiger charge is 2.17. The highest BCUT2D eigenvalue weighted by molar-refractivity contribution is 9.10. The molecule has 0 spiro atoms. The lowest BCUT2D eigenvalue weighted by Crippen LogP contribution is -2.41. The minimum absolute atomic E-state index is 0.00435. The predicted molar refractivity (Wildman–Crippen MR) is 56.9 cm³/mol. The van der Waals surface area contributed by atoms with Gasteiger partial charge in [0, 0.05) is 12.6 Å². The Labute approximate surface area is 88.0 Å². The maximum atomic E-state index is 11.4. The fourth-order valence-electron chi connectivity index (χ4n) is 0.801. The lowest BCUT2D eigenvalue weighted by molar-refractivity contribution is -0.121. The highest BCUT2D eigenvalue weighted by Crippen LogP contribution is 2.07. The number of carbonyl (C=O) groups is 1. The van der Waals surface area contributed by atoms with Crippen LogP contribution in [0.5, 0.6) is 0 Å². The van der Waals surface area contributed by atoms with Gasteiger partial charge < -0.3 is 10.4 Å². The number of nitrogens with one attached hydrogen (secondary N) is 1. The highest BCUT2D eigenvalue weighted by atomic mass is 79.9. The van der Waals surface area contributed by atoms with E-state index in [4.69, 9.17) is 5.11 Å². The number of rotatable bonds is 5. The molecule has 0 radical (unpaired) electrons. The van der Waals surface area contributed by atoms with Gasteiger partial charge in [-0.2, -0.15) is 0 Å². The fourth-order valence-corrected chi connectivity index (χ4v) is 0.933. The summed E-state index contributed by atoms with van der Waals surface area (Å²) in [7, 11) is 0. The average Bonchev–Trinajstić information content (AvgIpc) is 2.14. The summed E-state index contributed by atoms with van der Waals surface area (Å²) in [6, 6.07) is 0.0177. The monoisotopic (exact) mass is 251 g/mol. The van der Waals surface area contributed by atoms with E-state index in [0.29, 0.717) is 0 Å². The molecule has 0 bridgehead atoms. The fraction of sp³-hybridized carbons (Fsp3) is 0.889. The molecular formula is C9H18BrNO2. The second kappa shape index (κ2) is 6.38. The SMILES string of the molecule is CCC(Br)C(=O)NC(C)C(C)CO. The van der Waals surface area contributed by atoms with Crippen molar-refractivity contribution in [2.24, 2.45) is 5.92 Å². The Hall–Kier alpha value is -0.0900. The molecule has 1 amide bonds. The van der Waals surface area contributed by atoms with Gasteiger partial charge in [-0.05, 0) is 19.3 Å². The number of alkyl halides is 1. The molecule has 0 saturated carbocycles. The molecule has 13 heavy (non-hydrogen) atoms. The van der Waals surface area contributed by atoms with Gasteiger partial charge in [0.05, 0.1) is 4.83 Å².